The Morgan fingerprint density at radius 2 is 1.38 bits per heavy atom. The highest BCUT2D eigenvalue weighted by atomic mass is 16.3. The quantitative estimate of drug-likeness (QED) is 0.451. The molecule has 0 saturated heterocycles. The smallest absolute Gasteiger partial charge is 0.112 e. The van der Waals surface area contributed by atoms with Crippen molar-refractivity contribution in [3.05, 3.63) is 0 Å². The summed E-state index contributed by atoms with van der Waals surface area (Å²) < 4.78 is 0.881. The first-order valence-corrected chi connectivity index (χ1v) is 6.94. The topological polar surface area (TPSA) is 20.2 Å². The fourth-order valence-corrected chi connectivity index (χ4v) is 2.06. The Morgan fingerprint density at radius 1 is 0.875 bits per heavy atom. The van der Waals surface area contributed by atoms with Crippen LogP contribution in [0.2, 0.25) is 0 Å². The molecule has 0 bridgehead atoms. The Bertz CT molecular complexity index is 151. The first-order chi connectivity index (χ1) is 7.52. The zero-order valence-corrected chi connectivity index (χ0v) is 11.8. The molecule has 0 spiro atoms. The number of unbranched alkanes of at least 4 members (excludes halogenated alkanes) is 6. The van der Waals surface area contributed by atoms with Gasteiger partial charge in [-0.2, -0.15) is 0 Å². The van der Waals surface area contributed by atoms with E-state index in [1.54, 1.807) is 0 Å². The fraction of sp³-hybridized carbons (Fsp3) is 1.00. The van der Waals surface area contributed by atoms with Crippen LogP contribution in [0.25, 0.3) is 0 Å². The zero-order valence-electron chi connectivity index (χ0n) is 11.8. The SMILES string of the molecule is CCCCCCCCCC(CO)[N+](C)(C)C. The van der Waals surface area contributed by atoms with Gasteiger partial charge in [0.05, 0.1) is 27.7 Å². The number of rotatable bonds is 10. The van der Waals surface area contributed by atoms with Crippen molar-refractivity contribution in [1.82, 2.24) is 0 Å². The molecule has 0 aliphatic rings. The summed E-state index contributed by atoms with van der Waals surface area (Å²) in [6.45, 7) is 2.58. The Kier molecular flexibility index (Phi) is 8.96. The maximum Gasteiger partial charge on any atom is 0.112 e. The van der Waals surface area contributed by atoms with E-state index in [2.05, 4.69) is 28.1 Å². The Labute approximate surface area is 102 Å². The molecule has 1 atom stereocenters. The van der Waals surface area contributed by atoms with Gasteiger partial charge in [0.1, 0.15) is 6.04 Å². The number of hydrogen-bond acceptors (Lipinski definition) is 1. The lowest BCUT2D eigenvalue weighted by Gasteiger charge is -2.33. The number of quaternary nitrogens is 1. The minimum Gasteiger partial charge on any atom is -0.390 e. The molecule has 0 aliphatic heterocycles. The van der Waals surface area contributed by atoms with Crippen LogP contribution in [-0.2, 0) is 0 Å². The lowest BCUT2D eigenvalue weighted by atomic mass is 10.0. The molecular weight excluding hydrogens is 198 g/mol. The maximum absolute atomic E-state index is 9.32. The molecule has 1 N–H and O–H groups in total. The highest BCUT2D eigenvalue weighted by molar-refractivity contribution is 4.56. The summed E-state index contributed by atoms with van der Waals surface area (Å²) >= 11 is 0. The summed E-state index contributed by atoms with van der Waals surface area (Å²) in [7, 11) is 6.51. The van der Waals surface area contributed by atoms with Gasteiger partial charge in [-0.15, -0.1) is 0 Å². The second-order valence-electron chi connectivity index (χ2n) is 5.86. The molecule has 16 heavy (non-hydrogen) atoms. The average molecular weight is 230 g/mol. The van der Waals surface area contributed by atoms with Gasteiger partial charge >= 0.3 is 0 Å². The van der Waals surface area contributed by atoms with E-state index in [-0.39, 0.29) is 0 Å². The van der Waals surface area contributed by atoms with Gasteiger partial charge in [-0.1, -0.05) is 45.4 Å². The third-order valence-electron chi connectivity index (χ3n) is 3.45. The molecule has 0 heterocycles. The van der Waals surface area contributed by atoms with E-state index >= 15 is 0 Å². The fourth-order valence-electron chi connectivity index (χ4n) is 2.06. The van der Waals surface area contributed by atoms with E-state index in [4.69, 9.17) is 0 Å². The van der Waals surface area contributed by atoms with Crippen LogP contribution >= 0.6 is 0 Å². The number of aliphatic hydroxyl groups excluding tert-OH is 1. The van der Waals surface area contributed by atoms with Gasteiger partial charge in [-0.05, 0) is 6.42 Å². The molecule has 0 aliphatic carbocycles. The largest absolute Gasteiger partial charge is 0.390 e. The van der Waals surface area contributed by atoms with Crippen LogP contribution in [0, 0.1) is 0 Å². The zero-order chi connectivity index (χ0) is 12.4. The van der Waals surface area contributed by atoms with Crippen molar-refractivity contribution in [2.75, 3.05) is 27.7 Å². The van der Waals surface area contributed by atoms with Crippen molar-refractivity contribution >= 4 is 0 Å². The molecule has 0 fully saturated rings. The van der Waals surface area contributed by atoms with Crippen molar-refractivity contribution in [3.8, 4) is 0 Å². The van der Waals surface area contributed by atoms with Crippen LogP contribution in [0.1, 0.15) is 58.3 Å². The standard InChI is InChI=1S/C14H32NO/c1-5-6-7-8-9-10-11-12-14(13-16)15(2,3)4/h14,16H,5-13H2,1-4H3/q+1. The second kappa shape index (κ2) is 9.00. The molecular formula is C14H32NO+. The highest BCUT2D eigenvalue weighted by Gasteiger charge is 2.21. The summed E-state index contributed by atoms with van der Waals surface area (Å²) in [5.74, 6) is 0. The van der Waals surface area contributed by atoms with E-state index in [1.807, 2.05) is 0 Å². The summed E-state index contributed by atoms with van der Waals surface area (Å²) in [5.41, 5.74) is 0. The van der Waals surface area contributed by atoms with Gasteiger partial charge in [-0.25, -0.2) is 0 Å². The summed E-state index contributed by atoms with van der Waals surface area (Å²) in [5, 5.41) is 9.32. The van der Waals surface area contributed by atoms with Gasteiger partial charge in [0.2, 0.25) is 0 Å². The van der Waals surface area contributed by atoms with Gasteiger partial charge < -0.3 is 9.59 Å². The highest BCUT2D eigenvalue weighted by Crippen LogP contribution is 2.14. The molecule has 2 heteroatoms. The molecule has 0 radical (unpaired) electrons. The van der Waals surface area contributed by atoms with Gasteiger partial charge in [0.15, 0.2) is 0 Å². The molecule has 0 aromatic rings. The molecule has 0 amide bonds. The summed E-state index contributed by atoms with van der Waals surface area (Å²) in [4.78, 5) is 0. The average Bonchev–Trinajstić information content (AvgIpc) is 2.20. The third-order valence-corrected chi connectivity index (χ3v) is 3.45. The molecule has 98 valence electrons. The molecule has 0 rings (SSSR count). The van der Waals surface area contributed by atoms with E-state index in [0.29, 0.717) is 12.6 Å². The van der Waals surface area contributed by atoms with Crippen molar-refractivity contribution in [3.63, 3.8) is 0 Å². The first kappa shape index (κ1) is 15.9. The van der Waals surface area contributed by atoms with Crippen LogP contribution < -0.4 is 0 Å². The maximum atomic E-state index is 9.32. The van der Waals surface area contributed by atoms with E-state index < -0.39 is 0 Å². The Balaban J connectivity index is 3.42. The van der Waals surface area contributed by atoms with Crippen LogP contribution in [0.5, 0.6) is 0 Å². The lowest BCUT2D eigenvalue weighted by Crippen LogP contribution is -2.47. The Morgan fingerprint density at radius 3 is 1.81 bits per heavy atom. The Hall–Kier alpha value is -0.0800. The molecule has 1 unspecified atom stereocenters. The number of likely N-dealkylation sites (N-methyl/N-ethyl adjacent to an activating group) is 1. The van der Waals surface area contributed by atoms with Gasteiger partial charge in [0, 0.05) is 6.42 Å². The number of nitrogens with zero attached hydrogens (tertiary/aromatic N) is 1. The molecule has 0 saturated carbocycles. The first-order valence-electron chi connectivity index (χ1n) is 6.94. The minimum absolute atomic E-state index is 0.319. The van der Waals surface area contributed by atoms with Crippen LogP contribution in [0.4, 0.5) is 0 Å². The summed E-state index contributed by atoms with van der Waals surface area (Å²) in [6, 6.07) is 0.413. The van der Waals surface area contributed by atoms with Crippen molar-refractivity contribution in [1.29, 1.82) is 0 Å². The van der Waals surface area contributed by atoms with Crippen molar-refractivity contribution < 1.29 is 9.59 Å². The van der Waals surface area contributed by atoms with Gasteiger partial charge in [-0.3, -0.25) is 0 Å². The van der Waals surface area contributed by atoms with Crippen LogP contribution in [0.3, 0.4) is 0 Å². The van der Waals surface area contributed by atoms with Crippen LogP contribution in [-0.4, -0.2) is 43.4 Å². The predicted molar refractivity (Wildman–Crippen MR) is 71.5 cm³/mol. The summed E-state index contributed by atoms with van der Waals surface area (Å²) in [6.07, 6.45) is 10.6. The van der Waals surface area contributed by atoms with E-state index in [9.17, 15) is 5.11 Å². The van der Waals surface area contributed by atoms with Gasteiger partial charge in [0.25, 0.3) is 0 Å². The van der Waals surface area contributed by atoms with E-state index in [1.165, 1.54) is 44.9 Å². The number of aliphatic hydroxyl groups is 1. The second-order valence-corrected chi connectivity index (χ2v) is 5.86. The lowest BCUT2D eigenvalue weighted by molar-refractivity contribution is -0.897. The minimum atomic E-state index is 0.319. The predicted octanol–water partition coefficient (Wildman–Crippen LogP) is 3.19. The van der Waals surface area contributed by atoms with Crippen LogP contribution in [0.15, 0.2) is 0 Å². The monoisotopic (exact) mass is 230 g/mol. The normalized spacial score (nSPS) is 14.1. The molecule has 0 aromatic heterocycles. The number of hydrogen-bond donors (Lipinski definition) is 1. The molecule has 0 aromatic carbocycles. The van der Waals surface area contributed by atoms with Crippen molar-refractivity contribution in [2.45, 2.75) is 64.3 Å². The van der Waals surface area contributed by atoms with Crippen molar-refractivity contribution in [2.24, 2.45) is 0 Å². The van der Waals surface area contributed by atoms with E-state index in [0.717, 1.165) is 10.9 Å². The molecule has 2 nitrogen and oxygen atoms in total. The third kappa shape index (κ3) is 8.12.